The van der Waals surface area contributed by atoms with E-state index in [1.165, 1.54) is 82.6 Å². The number of likely N-dealkylation sites (tertiary alicyclic amines) is 1. The standard InChI is InChI=1S/C25H37N5/c1-2-9-17-29(16-8-1)24-22-14-6-7-15-23(22)27-25(28-24)26-20-11-10-18-30(19-20)21-12-4-3-5-13-21/h6-7,14-15,20-21H,1-5,8-13,16-19H2,(H,26,27,28)/t20-/m1/s1. The van der Waals surface area contributed by atoms with Gasteiger partial charge in [0.05, 0.1) is 5.52 Å². The average Bonchev–Trinajstić information content (AvgIpc) is 3.09. The summed E-state index contributed by atoms with van der Waals surface area (Å²) < 4.78 is 0. The maximum absolute atomic E-state index is 5.08. The van der Waals surface area contributed by atoms with Gasteiger partial charge in [0.2, 0.25) is 5.95 Å². The topological polar surface area (TPSA) is 44.3 Å². The molecule has 5 nitrogen and oxygen atoms in total. The number of nitrogens with zero attached hydrogens (tertiary/aromatic N) is 4. The SMILES string of the molecule is c1ccc2c(N3CCCCCC3)nc(N[C@@H]3CCCN(C4CCCCC4)C3)nc2c1. The molecule has 5 rings (SSSR count). The molecule has 0 radical (unpaired) electrons. The second kappa shape index (κ2) is 9.51. The Balaban J connectivity index is 1.36. The van der Waals surface area contributed by atoms with E-state index >= 15 is 0 Å². The smallest absolute Gasteiger partial charge is 0.225 e. The van der Waals surface area contributed by atoms with Crippen LogP contribution in [0.15, 0.2) is 24.3 Å². The Morgan fingerprint density at radius 1 is 0.767 bits per heavy atom. The van der Waals surface area contributed by atoms with Gasteiger partial charge in [-0.25, -0.2) is 4.98 Å². The first-order valence-electron chi connectivity index (χ1n) is 12.4. The van der Waals surface area contributed by atoms with Crippen molar-refractivity contribution in [2.45, 2.75) is 82.7 Å². The highest BCUT2D eigenvalue weighted by Gasteiger charge is 2.27. The molecule has 1 aliphatic carbocycles. The Bertz CT molecular complexity index is 823. The summed E-state index contributed by atoms with van der Waals surface area (Å²) in [5.74, 6) is 1.95. The molecule has 2 aromatic rings. The number of anilines is 2. The molecular formula is C25H37N5. The van der Waals surface area contributed by atoms with Crippen LogP contribution in [-0.2, 0) is 0 Å². The van der Waals surface area contributed by atoms with Crippen molar-refractivity contribution in [1.82, 2.24) is 14.9 Å². The third-order valence-electron chi connectivity index (χ3n) is 7.37. The van der Waals surface area contributed by atoms with Gasteiger partial charge in [0.1, 0.15) is 5.82 Å². The molecule has 0 bridgehead atoms. The van der Waals surface area contributed by atoms with E-state index in [1.54, 1.807) is 0 Å². The van der Waals surface area contributed by atoms with Crippen LogP contribution in [0.1, 0.15) is 70.6 Å². The van der Waals surface area contributed by atoms with Crippen LogP contribution in [-0.4, -0.2) is 53.1 Å². The maximum Gasteiger partial charge on any atom is 0.225 e. The molecule has 1 aromatic heterocycles. The number of fused-ring (bicyclic) bond motifs is 1. The Morgan fingerprint density at radius 2 is 1.53 bits per heavy atom. The van der Waals surface area contributed by atoms with E-state index < -0.39 is 0 Å². The Labute approximate surface area is 181 Å². The van der Waals surface area contributed by atoms with Crippen molar-refractivity contribution in [2.75, 3.05) is 36.4 Å². The van der Waals surface area contributed by atoms with Gasteiger partial charge in [-0.1, -0.05) is 44.2 Å². The Kier molecular flexibility index (Phi) is 6.35. The molecule has 1 saturated carbocycles. The first-order chi connectivity index (χ1) is 14.9. The summed E-state index contributed by atoms with van der Waals surface area (Å²) in [5, 5.41) is 4.94. The maximum atomic E-state index is 5.08. The van der Waals surface area contributed by atoms with Gasteiger partial charge in [0, 0.05) is 37.1 Å². The van der Waals surface area contributed by atoms with Gasteiger partial charge in [-0.15, -0.1) is 0 Å². The van der Waals surface area contributed by atoms with Crippen LogP contribution in [0, 0.1) is 0 Å². The van der Waals surface area contributed by atoms with Crippen LogP contribution in [0.3, 0.4) is 0 Å². The normalized spacial score (nSPS) is 24.7. The molecular weight excluding hydrogens is 370 g/mol. The molecule has 162 valence electrons. The molecule has 2 saturated heterocycles. The van der Waals surface area contributed by atoms with Crippen LogP contribution in [0.4, 0.5) is 11.8 Å². The molecule has 3 fully saturated rings. The third-order valence-corrected chi connectivity index (χ3v) is 7.37. The van der Waals surface area contributed by atoms with Crippen molar-refractivity contribution in [3.63, 3.8) is 0 Å². The lowest BCUT2D eigenvalue weighted by molar-refractivity contribution is 0.124. The van der Waals surface area contributed by atoms with Gasteiger partial charge in [-0.2, -0.15) is 4.98 Å². The van der Waals surface area contributed by atoms with E-state index in [2.05, 4.69) is 39.4 Å². The minimum atomic E-state index is 0.457. The monoisotopic (exact) mass is 407 g/mol. The molecule has 3 heterocycles. The molecule has 30 heavy (non-hydrogen) atoms. The number of hydrogen-bond acceptors (Lipinski definition) is 5. The number of benzene rings is 1. The number of aromatic nitrogens is 2. The van der Waals surface area contributed by atoms with Crippen molar-refractivity contribution in [1.29, 1.82) is 0 Å². The zero-order valence-electron chi connectivity index (χ0n) is 18.4. The van der Waals surface area contributed by atoms with E-state index in [4.69, 9.17) is 9.97 Å². The average molecular weight is 408 g/mol. The van der Waals surface area contributed by atoms with Crippen LogP contribution in [0.25, 0.3) is 10.9 Å². The lowest BCUT2D eigenvalue weighted by atomic mass is 9.92. The second-order valence-corrected chi connectivity index (χ2v) is 9.56. The van der Waals surface area contributed by atoms with E-state index in [0.717, 1.165) is 43.0 Å². The first-order valence-corrected chi connectivity index (χ1v) is 12.4. The third kappa shape index (κ3) is 4.56. The summed E-state index contributed by atoms with van der Waals surface area (Å²) >= 11 is 0. The summed E-state index contributed by atoms with van der Waals surface area (Å²) in [7, 11) is 0. The number of hydrogen-bond donors (Lipinski definition) is 1. The highest BCUT2D eigenvalue weighted by Crippen LogP contribution is 2.29. The zero-order valence-corrected chi connectivity index (χ0v) is 18.4. The quantitative estimate of drug-likeness (QED) is 0.753. The fourth-order valence-electron chi connectivity index (χ4n) is 5.73. The van der Waals surface area contributed by atoms with Crippen molar-refractivity contribution in [3.05, 3.63) is 24.3 Å². The summed E-state index contributed by atoms with van der Waals surface area (Å²) in [4.78, 5) is 15.2. The van der Waals surface area contributed by atoms with Gasteiger partial charge < -0.3 is 10.2 Å². The first kappa shape index (κ1) is 20.0. The van der Waals surface area contributed by atoms with Crippen molar-refractivity contribution in [3.8, 4) is 0 Å². The molecule has 0 spiro atoms. The fourth-order valence-corrected chi connectivity index (χ4v) is 5.73. The molecule has 5 heteroatoms. The van der Waals surface area contributed by atoms with Gasteiger partial charge in [-0.3, -0.25) is 4.90 Å². The largest absolute Gasteiger partial charge is 0.356 e. The summed E-state index contributed by atoms with van der Waals surface area (Å²) in [6, 6.07) is 9.79. The molecule has 0 unspecified atom stereocenters. The van der Waals surface area contributed by atoms with Crippen molar-refractivity contribution in [2.24, 2.45) is 0 Å². The molecule has 1 N–H and O–H groups in total. The Morgan fingerprint density at radius 3 is 2.37 bits per heavy atom. The van der Waals surface area contributed by atoms with Gasteiger partial charge >= 0.3 is 0 Å². The fraction of sp³-hybridized carbons (Fsp3) is 0.680. The van der Waals surface area contributed by atoms with Gasteiger partial charge in [0.25, 0.3) is 0 Å². The molecule has 1 aromatic carbocycles. The predicted octanol–water partition coefficient (Wildman–Crippen LogP) is 5.22. The molecule has 0 amide bonds. The molecule has 3 aliphatic rings. The van der Waals surface area contributed by atoms with E-state index in [1.807, 2.05) is 0 Å². The second-order valence-electron chi connectivity index (χ2n) is 9.56. The zero-order chi connectivity index (χ0) is 20.2. The van der Waals surface area contributed by atoms with Crippen LogP contribution in [0.2, 0.25) is 0 Å². The summed E-state index contributed by atoms with van der Waals surface area (Å²) in [6.07, 6.45) is 14.7. The van der Waals surface area contributed by atoms with Gasteiger partial charge in [0.15, 0.2) is 0 Å². The van der Waals surface area contributed by atoms with Crippen LogP contribution < -0.4 is 10.2 Å². The highest BCUT2D eigenvalue weighted by atomic mass is 15.3. The summed E-state index contributed by atoms with van der Waals surface area (Å²) in [5.41, 5.74) is 1.06. The number of piperidine rings is 1. The lowest BCUT2D eigenvalue weighted by Crippen LogP contribution is -2.47. The van der Waals surface area contributed by atoms with Crippen LogP contribution in [0.5, 0.6) is 0 Å². The van der Waals surface area contributed by atoms with Gasteiger partial charge in [-0.05, 0) is 57.2 Å². The molecule has 2 aliphatic heterocycles. The number of para-hydroxylation sites is 1. The molecule has 1 atom stereocenters. The summed E-state index contributed by atoms with van der Waals surface area (Å²) in [6.45, 7) is 4.62. The van der Waals surface area contributed by atoms with E-state index in [0.29, 0.717) is 6.04 Å². The highest BCUT2D eigenvalue weighted by molar-refractivity contribution is 5.90. The number of rotatable bonds is 4. The predicted molar refractivity (Wildman–Crippen MR) is 125 cm³/mol. The van der Waals surface area contributed by atoms with Crippen molar-refractivity contribution >= 4 is 22.7 Å². The van der Waals surface area contributed by atoms with E-state index in [9.17, 15) is 0 Å². The lowest BCUT2D eigenvalue weighted by Gasteiger charge is -2.40. The van der Waals surface area contributed by atoms with Crippen molar-refractivity contribution < 1.29 is 0 Å². The Hall–Kier alpha value is -1.88. The minimum absolute atomic E-state index is 0.457. The van der Waals surface area contributed by atoms with Crippen LogP contribution >= 0.6 is 0 Å². The number of nitrogens with one attached hydrogen (secondary N) is 1. The van der Waals surface area contributed by atoms with E-state index in [-0.39, 0.29) is 0 Å². The minimum Gasteiger partial charge on any atom is -0.356 e.